The Morgan fingerprint density at radius 3 is 2.92 bits per heavy atom. The molecule has 1 saturated heterocycles. The highest BCUT2D eigenvalue weighted by Crippen LogP contribution is 2.31. The maximum absolute atomic E-state index is 12.7. The molecule has 1 fully saturated rings. The molecule has 1 N–H and O–H groups in total. The molecule has 3 heterocycles. The second-order valence-corrected chi connectivity index (χ2v) is 8.72. The number of nitrogens with zero attached hydrogens (tertiary/aromatic N) is 4. The van der Waals surface area contributed by atoms with E-state index in [1.54, 1.807) is 29.2 Å². The summed E-state index contributed by atoms with van der Waals surface area (Å²) in [7, 11) is -3.71. The molecule has 0 spiro atoms. The average molecular weight is 391 g/mol. The van der Waals surface area contributed by atoms with Gasteiger partial charge in [0.25, 0.3) is 10.0 Å². The number of aromatic nitrogens is 2. The Kier molecular flexibility index (Phi) is 4.23. The SMILES string of the molecule is CCc1nnc(NC(=O)C2CCCN2C2=NS(=O)(=O)c3ccccc32)s1. The lowest BCUT2D eigenvalue weighted by molar-refractivity contribution is -0.119. The monoisotopic (exact) mass is 391 g/mol. The minimum Gasteiger partial charge on any atom is -0.343 e. The fourth-order valence-electron chi connectivity index (χ4n) is 3.22. The molecule has 1 aromatic heterocycles. The summed E-state index contributed by atoms with van der Waals surface area (Å²) in [6.07, 6.45) is 2.18. The third kappa shape index (κ3) is 2.88. The number of carbonyl (C=O) groups is 1. The number of benzene rings is 1. The van der Waals surface area contributed by atoms with Crippen molar-refractivity contribution in [2.45, 2.75) is 37.1 Å². The van der Waals surface area contributed by atoms with E-state index in [9.17, 15) is 13.2 Å². The molecular formula is C16H17N5O3S2. The first kappa shape index (κ1) is 17.1. The first-order chi connectivity index (χ1) is 12.5. The van der Waals surface area contributed by atoms with Crippen LogP contribution in [0.5, 0.6) is 0 Å². The van der Waals surface area contributed by atoms with Crippen molar-refractivity contribution in [2.24, 2.45) is 4.40 Å². The van der Waals surface area contributed by atoms with E-state index in [0.29, 0.717) is 29.5 Å². The van der Waals surface area contributed by atoms with Crippen LogP contribution in [-0.4, -0.2) is 47.8 Å². The summed E-state index contributed by atoms with van der Waals surface area (Å²) in [5.41, 5.74) is 0.552. The van der Waals surface area contributed by atoms with Gasteiger partial charge in [-0.05, 0) is 31.4 Å². The third-order valence-corrected chi connectivity index (χ3v) is 6.75. The molecular weight excluding hydrogens is 374 g/mol. The molecule has 2 aliphatic heterocycles. The second-order valence-electron chi connectivity index (χ2n) is 6.08. The topological polar surface area (TPSA) is 105 Å². The van der Waals surface area contributed by atoms with Gasteiger partial charge in [-0.3, -0.25) is 10.1 Å². The molecule has 1 aromatic carbocycles. The van der Waals surface area contributed by atoms with E-state index in [0.717, 1.165) is 17.8 Å². The maximum atomic E-state index is 12.7. The number of aryl methyl sites for hydroxylation is 1. The van der Waals surface area contributed by atoms with Crippen LogP contribution in [0.3, 0.4) is 0 Å². The number of hydrogen-bond acceptors (Lipinski definition) is 7. The Morgan fingerprint density at radius 1 is 1.35 bits per heavy atom. The van der Waals surface area contributed by atoms with Gasteiger partial charge in [0.2, 0.25) is 11.0 Å². The highest BCUT2D eigenvalue weighted by molar-refractivity contribution is 7.90. The van der Waals surface area contributed by atoms with Gasteiger partial charge in [-0.25, -0.2) is 0 Å². The molecule has 0 saturated carbocycles. The van der Waals surface area contributed by atoms with E-state index >= 15 is 0 Å². The van der Waals surface area contributed by atoms with Gasteiger partial charge in [0, 0.05) is 12.1 Å². The Morgan fingerprint density at radius 2 is 2.15 bits per heavy atom. The summed E-state index contributed by atoms with van der Waals surface area (Å²) >= 11 is 1.34. The van der Waals surface area contributed by atoms with Crippen molar-refractivity contribution in [1.29, 1.82) is 0 Å². The van der Waals surface area contributed by atoms with Gasteiger partial charge in [0.1, 0.15) is 15.9 Å². The highest BCUT2D eigenvalue weighted by Gasteiger charge is 2.39. The number of hydrogen-bond donors (Lipinski definition) is 1. The number of likely N-dealkylation sites (tertiary alicyclic amines) is 1. The summed E-state index contributed by atoms with van der Waals surface area (Å²) < 4.78 is 28.5. The van der Waals surface area contributed by atoms with Gasteiger partial charge in [0.15, 0.2) is 5.84 Å². The molecule has 2 aromatic rings. The van der Waals surface area contributed by atoms with Gasteiger partial charge in [-0.2, -0.15) is 8.42 Å². The summed E-state index contributed by atoms with van der Waals surface area (Å²) in [4.78, 5) is 14.7. The van der Waals surface area contributed by atoms with Crippen LogP contribution in [0.2, 0.25) is 0 Å². The number of anilines is 1. The summed E-state index contributed by atoms with van der Waals surface area (Å²) in [5, 5.41) is 12.1. The number of nitrogens with one attached hydrogen (secondary N) is 1. The molecule has 10 heteroatoms. The van der Waals surface area contributed by atoms with Crippen LogP contribution in [0, 0.1) is 0 Å². The fraction of sp³-hybridized carbons (Fsp3) is 0.375. The predicted octanol–water partition coefficient (Wildman–Crippen LogP) is 1.65. The molecule has 26 heavy (non-hydrogen) atoms. The van der Waals surface area contributed by atoms with Crippen molar-refractivity contribution >= 4 is 38.2 Å². The van der Waals surface area contributed by atoms with Crippen LogP contribution in [0.15, 0.2) is 33.6 Å². The summed E-state index contributed by atoms with van der Waals surface area (Å²) in [6, 6.07) is 6.23. The van der Waals surface area contributed by atoms with E-state index in [1.165, 1.54) is 11.3 Å². The van der Waals surface area contributed by atoms with Crippen LogP contribution in [-0.2, 0) is 21.2 Å². The molecule has 0 aliphatic carbocycles. The molecule has 1 unspecified atom stereocenters. The zero-order valence-electron chi connectivity index (χ0n) is 14.0. The maximum Gasteiger partial charge on any atom is 0.285 e. The molecule has 4 rings (SSSR count). The van der Waals surface area contributed by atoms with Crippen LogP contribution >= 0.6 is 11.3 Å². The number of sulfonamides is 1. The molecule has 8 nitrogen and oxygen atoms in total. The van der Waals surface area contributed by atoms with Crippen LogP contribution in [0.4, 0.5) is 5.13 Å². The number of carbonyl (C=O) groups excluding carboxylic acids is 1. The van der Waals surface area contributed by atoms with Crippen molar-refractivity contribution in [3.63, 3.8) is 0 Å². The minimum atomic E-state index is -3.71. The van der Waals surface area contributed by atoms with E-state index in [1.807, 2.05) is 6.92 Å². The van der Waals surface area contributed by atoms with Crippen molar-refractivity contribution in [3.8, 4) is 0 Å². The van der Waals surface area contributed by atoms with Crippen LogP contribution in [0.25, 0.3) is 0 Å². The molecule has 0 radical (unpaired) electrons. The lowest BCUT2D eigenvalue weighted by Gasteiger charge is -2.25. The molecule has 2 aliphatic rings. The van der Waals surface area contributed by atoms with Crippen molar-refractivity contribution in [2.75, 3.05) is 11.9 Å². The van der Waals surface area contributed by atoms with E-state index < -0.39 is 16.1 Å². The first-order valence-corrected chi connectivity index (χ1v) is 10.6. The number of amides is 1. The van der Waals surface area contributed by atoms with Crippen molar-refractivity contribution in [3.05, 3.63) is 34.8 Å². The van der Waals surface area contributed by atoms with Gasteiger partial charge in [0.05, 0.1) is 0 Å². The number of fused-ring (bicyclic) bond motifs is 1. The lowest BCUT2D eigenvalue weighted by atomic mass is 10.1. The number of amidine groups is 1. The Balaban J connectivity index is 1.60. The van der Waals surface area contributed by atoms with Gasteiger partial charge in [-0.15, -0.1) is 14.6 Å². The quantitative estimate of drug-likeness (QED) is 0.853. The third-order valence-electron chi connectivity index (χ3n) is 4.44. The molecule has 1 atom stereocenters. The standard InChI is InChI=1S/C16H17N5O3S2/c1-2-13-18-19-16(25-13)17-15(22)11-7-5-9-21(11)14-10-6-3-4-8-12(10)26(23,24)20-14/h3-4,6,8,11H,2,5,7,9H2,1H3,(H,17,19,22). The smallest absolute Gasteiger partial charge is 0.285 e. The van der Waals surface area contributed by atoms with Crippen molar-refractivity contribution in [1.82, 2.24) is 15.1 Å². The van der Waals surface area contributed by atoms with Crippen molar-refractivity contribution < 1.29 is 13.2 Å². The zero-order chi connectivity index (χ0) is 18.3. The first-order valence-electron chi connectivity index (χ1n) is 8.34. The Hall–Kier alpha value is -2.33. The van der Waals surface area contributed by atoms with Crippen LogP contribution in [0.1, 0.15) is 30.3 Å². The van der Waals surface area contributed by atoms with Gasteiger partial charge < -0.3 is 4.90 Å². The second kappa shape index (κ2) is 6.44. The Labute approximate surface area is 155 Å². The summed E-state index contributed by atoms with van der Waals surface area (Å²) in [6.45, 7) is 2.55. The lowest BCUT2D eigenvalue weighted by Crippen LogP contribution is -2.43. The zero-order valence-corrected chi connectivity index (χ0v) is 15.7. The average Bonchev–Trinajstić information content (AvgIpc) is 3.33. The highest BCUT2D eigenvalue weighted by atomic mass is 32.2. The molecule has 0 bridgehead atoms. The molecule has 136 valence electrons. The molecule has 1 amide bonds. The summed E-state index contributed by atoms with van der Waals surface area (Å²) in [5.74, 6) is 0.135. The number of rotatable bonds is 3. The largest absolute Gasteiger partial charge is 0.343 e. The van der Waals surface area contributed by atoms with Gasteiger partial charge in [-0.1, -0.05) is 30.4 Å². The predicted molar refractivity (Wildman–Crippen MR) is 97.8 cm³/mol. The van der Waals surface area contributed by atoms with Crippen LogP contribution < -0.4 is 5.32 Å². The fourth-order valence-corrected chi connectivity index (χ4v) is 5.12. The minimum absolute atomic E-state index is 0.192. The van der Waals surface area contributed by atoms with Gasteiger partial charge >= 0.3 is 0 Å². The van der Waals surface area contributed by atoms with E-state index in [2.05, 4.69) is 19.9 Å². The Bertz CT molecular complexity index is 999. The van der Waals surface area contributed by atoms with E-state index in [4.69, 9.17) is 0 Å². The normalized spacial score (nSPS) is 20.7. The van der Waals surface area contributed by atoms with E-state index in [-0.39, 0.29) is 10.8 Å².